The highest BCUT2D eigenvalue weighted by Crippen LogP contribution is 2.12. The zero-order valence-corrected chi connectivity index (χ0v) is 10.2. The fourth-order valence-corrected chi connectivity index (χ4v) is 1.77. The standard InChI is InChI=1S/C12H12ClN3O/c1-3-8-15-12(17)16(9(2)14-15)11-6-4-10(13)5-7-11/h3-7H,1,8H2,2H3. The highest BCUT2D eigenvalue weighted by molar-refractivity contribution is 6.30. The third kappa shape index (κ3) is 2.17. The number of benzene rings is 1. The van der Waals surface area contributed by atoms with E-state index in [0.29, 0.717) is 17.4 Å². The van der Waals surface area contributed by atoms with E-state index in [-0.39, 0.29) is 5.69 Å². The molecule has 0 saturated carbocycles. The van der Waals surface area contributed by atoms with Crippen molar-refractivity contribution in [3.63, 3.8) is 0 Å². The van der Waals surface area contributed by atoms with Crippen LogP contribution in [0.3, 0.4) is 0 Å². The summed E-state index contributed by atoms with van der Waals surface area (Å²) < 4.78 is 2.91. The van der Waals surface area contributed by atoms with E-state index in [4.69, 9.17) is 11.6 Å². The van der Waals surface area contributed by atoms with Crippen molar-refractivity contribution in [2.24, 2.45) is 0 Å². The molecule has 88 valence electrons. The van der Waals surface area contributed by atoms with Gasteiger partial charge in [0, 0.05) is 5.02 Å². The summed E-state index contributed by atoms with van der Waals surface area (Å²) in [5, 5.41) is 4.80. The van der Waals surface area contributed by atoms with Gasteiger partial charge in [0.1, 0.15) is 5.82 Å². The van der Waals surface area contributed by atoms with Gasteiger partial charge in [-0.3, -0.25) is 0 Å². The van der Waals surface area contributed by atoms with Gasteiger partial charge in [-0.2, -0.15) is 5.10 Å². The minimum Gasteiger partial charge on any atom is -0.247 e. The number of hydrogen-bond donors (Lipinski definition) is 0. The molecule has 17 heavy (non-hydrogen) atoms. The van der Waals surface area contributed by atoms with Crippen molar-refractivity contribution >= 4 is 11.6 Å². The Labute approximate surface area is 104 Å². The molecule has 0 amide bonds. The Morgan fingerprint density at radius 2 is 2.06 bits per heavy atom. The first-order chi connectivity index (χ1) is 8.13. The molecule has 1 heterocycles. The molecule has 0 radical (unpaired) electrons. The normalized spacial score (nSPS) is 10.5. The summed E-state index contributed by atoms with van der Waals surface area (Å²) in [6, 6.07) is 7.06. The van der Waals surface area contributed by atoms with Gasteiger partial charge in [-0.25, -0.2) is 14.0 Å². The smallest absolute Gasteiger partial charge is 0.247 e. The predicted molar refractivity (Wildman–Crippen MR) is 67.8 cm³/mol. The zero-order valence-electron chi connectivity index (χ0n) is 9.43. The highest BCUT2D eigenvalue weighted by Gasteiger charge is 2.10. The van der Waals surface area contributed by atoms with Crippen LogP contribution in [-0.4, -0.2) is 14.3 Å². The first kappa shape index (κ1) is 11.7. The van der Waals surface area contributed by atoms with Gasteiger partial charge >= 0.3 is 5.69 Å². The Morgan fingerprint density at radius 3 is 2.65 bits per heavy atom. The van der Waals surface area contributed by atoms with E-state index in [1.54, 1.807) is 41.8 Å². The molecule has 2 aromatic rings. The van der Waals surface area contributed by atoms with Crippen molar-refractivity contribution < 1.29 is 0 Å². The summed E-state index contributed by atoms with van der Waals surface area (Å²) in [5.41, 5.74) is 0.580. The first-order valence-corrected chi connectivity index (χ1v) is 5.54. The van der Waals surface area contributed by atoms with Crippen LogP contribution in [0.4, 0.5) is 0 Å². The maximum absolute atomic E-state index is 12.0. The molecule has 0 bridgehead atoms. The molecule has 0 aliphatic carbocycles. The van der Waals surface area contributed by atoms with Crippen LogP contribution in [-0.2, 0) is 6.54 Å². The molecule has 1 aromatic heterocycles. The Balaban J connectivity index is 2.55. The van der Waals surface area contributed by atoms with Crippen molar-refractivity contribution in [2.75, 3.05) is 0 Å². The number of aryl methyl sites for hydroxylation is 1. The lowest BCUT2D eigenvalue weighted by Crippen LogP contribution is -2.23. The van der Waals surface area contributed by atoms with E-state index in [0.717, 1.165) is 5.69 Å². The Morgan fingerprint density at radius 1 is 1.41 bits per heavy atom. The lowest BCUT2D eigenvalue weighted by atomic mass is 10.3. The van der Waals surface area contributed by atoms with Gasteiger partial charge in [-0.1, -0.05) is 17.7 Å². The molecule has 0 aliphatic rings. The molecule has 5 heteroatoms. The number of allylic oxidation sites excluding steroid dienone is 1. The highest BCUT2D eigenvalue weighted by atomic mass is 35.5. The van der Waals surface area contributed by atoms with Gasteiger partial charge in [-0.15, -0.1) is 6.58 Å². The number of aromatic nitrogens is 3. The molecular formula is C12H12ClN3O. The average molecular weight is 250 g/mol. The van der Waals surface area contributed by atoms with Gasteiger partial charge in [0.25, 0.3) is 0 Å². The number of nitrogens with zero attached hydrogens (tertiary/aromatic N) is 3. The second-order valence-electron chi connectivity index (χ2n) is 3.61. The van der Waals surface area contributed by atoms with Crippen LogP contribution in [0.2, 0.25) is 5.02 Å². The molecule has 0 aliphatic heterocycles. The van der Waals surface area contributed by atoms with E-state index in [2.05, 4.69) is 11.7 Å². The lowest BCUT2D eigenvalue weighted by Gasteiger charge is -2.01. The second kappa shape index (κ2) is 4.59. The van der Waals surface area contributed by atoms with Crippen molar-refractivity contribution in [1.29, 1.82) is 0 Å². The topological polar surface area (TPSA) is 39.8 Å². The molecule has 4 nitrogen and oxygen atoms in total. The summed E-state index contributed by atoms with van der Waals surface area (Å²) in [4.78, 5) is 12.0. The quantitative estimate of drug-likeness (QED) is 0.783. The monoisotopic (exact) mass is 249 g/mol. The van der Waals surface area contributed by atoms with Gasteiger partial charge in [0.15, 0.2) is 0 Å². The minimum absolute atomic E-state index is 0.176. The minimum atomic E-state index is -0.176. The molecule has 0 spiro atoms. The van der Waals surface area contributed by atoms with Crippen LogP contribution < -0.4 is 5.69 Å². The summed E-state index contributed by atoms with van der Waals surface area (Å²) >= 11 is 5.81. The third-order valence-electron chi connectivity index (χ3n) is 2.39. The first-order valence-electron chi connectivity index (χ1n) is 5.17. The predicted octanol–water partition coefficient (Wildman–Crippen LogP) is 2.18. The fraction of sp³-hybridized carbons (Fsp3) is 0.167. The number of halogens is 1. The Hall–Kier alpha value is -1.81. The molecular weight excluding hydrogens is 238 g/mol. The number of hydrogen-bond acceptors (Lipinski definition) is 2. The van der Waals surface area contributed by atoms with Crippen LogP contribution in [0.5, 0.6) is 0 Å². The van der Waals surface area contributed by atoms with E-state index in [1.165, 1.54) is 4.68 Å². The summed E-state index contributed by atoms with van der Waals surface area (Å²) in [7, 11) is 0. The molecule has 0 atom stereocenters. The van der Waals surface area contributed by atoms with Crippen LogP contribution in [0.25, 0.3) is 5.69 Å². The molecule has 1 aromatic carbocycles. The van der Waals surface area contributed by atoms with E-state index in [1.807, 2.05) is 0 Å². The lowest BCUT2D eigenvalue weighted by molar-refractivity contribution is 0.665. The largest absolute Gasteiger partial charge is 0.350 e. The van der Waals surface area contributed by atoms with Gasteiger partial charge in [-0.05, 0) is 31.2 Å². The summed E-state index contributed by atoms with van der Waals surface area (Å²) in [6.07, 6.45) is 1.64. The van der Waals surface area contributed by atoms with Crippen molar-refractivity contribution in [3.8, 4) is 5.69 Å². The van der Waals surface area contributed by atoms with Crippen molar-refractivity contribution in [1.82, 2.24) is 14.3 Å². The molecule has 0 fully saturated rings. The van der Waals surface area contributed by atoms with Gasteiger partial charge in [0.05, 0.1) is 12.2 Å². The Kier molecular flexibility index (Phi) is 3.15. The van der Waals surface area contributed by atoms with Crippen LogP contribution in [0.15, 0.2) is 41.7 Å². The van der Waals surface area contributed by atoms with E-state index in [9.17, 15) is 4.79 Å². The molecule has 2 rings (SSSR count). The van der Waals surface area contributed by atoms with E-state index >= 15 is 0 Å². The molecule has 0 unspecified atom stereocenters. The van der Waals surface area contributed by atoms with Crippen LogP contribution in [0.1, 0.15) is 5.82 Å². The van der Waals surface area contributed by atoms with Gasteiger partial charge in [0.2, 0.25) is 0 Å². The van der Waals surface area contributed by atoms with Crippen LogP contribution in [0, 0.1) is 6.92 Å². The second-order valence-corrected chi connectivity index (χ2v) is 4.05. The summed E-state index contributed by atoms with van der Waals surface area (Å²) in [5.74, 6) is 0.638. The van der Waals surface area contributed by atoms with E-state index < -0.39 is 0 Å². The molecule has 0 saturated heterocycles. The number of rotatable bonds is 3. The Bertz CT molecular complexity index is 595. The van der Waals surface area contributed by atoms with Crippen molar-refractivity contribution in [2.45, 2.75) is 13.5 Å². The van der Waals surface area contributed by atoms with Gasteiger partial charge < -0.3 is 0 Å². The maximum atomic E-state index is 12.0. The van der Waals surface area contributed by atoms with Crippen LogP contribution >= 0.6 is 11.6 Å². The fourth-order valence-electron chi connectivity index (χ4n) is 1.64. The van der Waals surface area contributed by atoms with Crippen molar-refractivity contribution in [3.05, 3.63) is 58.3 Å². The molecule has 0 N–H and O–H groups in total. The SMILES string of the molecule is C=CCn1nc(C)n(-c2ccc(Cl)cc2)c1=O. The average Bonchev–Trinajstić information content (AvgIpc) is 2.57. The summed E-state index contributed by atoms with van der Waals surface area (Å²) in [6.45, 7) is 5.78. The zero-order chi connectivity index (χ0) is 12.4. The third-order valence-corrected chi connectivity index (χ3v) is 2.64. The maximum Gasteiger partial charge on any atom is 0.350 e.